The summed E-state index contributed by atoms with van der Waals surface area (Å²) in [4.78, 5) is 15.1. The largest absolute Gasteiger partial charge is 0.373 e. The molecule has 1 aromatic carbocycles. The van der Waals surface area contributed by atoms with Crippen LogP contribution in [0.4, 0.5) is 0 Å². The molecule has 0 bridgehead atoms. The van der Waals surface area contributed by atoms with E-state index in [1.165, 1.54) is 11.2 Å². The molecule has 2 heterocycles. The second kappa shape index (κ2) is 9.17. The highest BCUT2D eigenvalue weighted by atomic mass is 32.2. The molecule has 1 atom stereocenters. The van der Waals surface area contributed by atoms with Gasteiger partial charge in [-0.25, -0.2) is 17.8 Å². The van der Waals surface area contributed by atoms with Crippen molar-refractivity contribution in [2.45, 2.75) is 45.4 Å². The average molecular weight is 422 g/mol. The van der Waals surface area contributed by atoms with E-state index in [1.807, 2.05) is 37.3 Å². The molecule has 1 fully saturated rings. The number of fused-ring (bicyclic) bond motifs is 1. The zero-order valence-electron chi connectivity index (χ0n) is 16.7. The van der Waals surface area contributed by atoms with Gasteiger partial charge in [0.15, 0.2) is 0 Å². The van der Waals surface area contributed by atoms with Crippen LogP contribution >= 0.6 is 0 Å². The number of aromatic nitrogens is 1. The predicted octanol–water partition coefficient (Wildman–Crippen LogP) is 2.09. The number of nitrogens with zero attached hydrogens (tertiary/aromatic N) is 3. The van der Waals surface area contributed by atoms with Crippen LogP contribution in [0.5, 0.6) is 0 Å². The van der Waals surface area contributed by atoms with Crippen molar-refractivity contribution in [1.29, 1.82) is 0 Å². The molecule has 1 aliphatic heterocycles. The Hall–Kier alpha value is -2.07. The molecule has 1 unspecified atom stereocenters. The molecule has 3 rings (SSSR count). The first-order chi connectivity index (χ1) is 13.8. The summed E-state index contributed by atoms with van der Waals surface area (Å²) in [5, 5.41) is 10.8. The Balaban J connectivity index is 1.56. The third-order valence-electron chi connectivity index (χ3n) is 5.21. The van der Waals surface area contributed by atoms with Gasteiger partial charge in [0, 0.05) is 24.2 Å². The average Bonchev–Trinajstić information content (AvgIpc) is 2.71. The summed E-state index contributed by atoms with van der Waals surface area (Å²) in [6, 6.07) is 9.17. The Kier molecular flexibility index (Phi) is 6.84. The number of ether oxygens (including phenoxy) is 1. The number of hydrogen-bond acceptors (Lipinski definition) is 6. The Morgan fingerprint density at radius 1 is 1.34 bits per heavy atom. The van der Waals surface area contributed by atoms with Crippen molar-refractivity contribution < 1.29 is 23.2 Å². The minimum Gasteiger partial charge on any atom is -0.373 e. The summed E-state index contributed by atoms with van der Waals surface area (Å²) in [6.45, 7) is 4.63. The van der Waals surface area contributed by atoms with Crippen molar-refractivity contribution in [2.75, 3.05) is 18.8 Å². The summed E-state index contributed by atoms with van der Waals surface area (Å²) in [5.74, 6) is -0.309. The maximum atomic E-state index is 12.5. The van der Waals surface area contributed by atoms with Gasteiger partial charge in [0.2, 0.25) is 16.4 Å². The van der Waals surface area contributed by atoms with Gasteiger partial charge in [0.1, 0.15) is 0 Å². The highest BCUT2D eigenvalue weighted by Crippen LogP contribution is 2.23. The van der Waals surface area contributed by atoms with E-state index in [-0.39, 0.29) is 18.3 Å². The fraction of sp³-hybridized carbons (Fsp3) is 0.500. The van der Waals surface area contributed by atoms with Crippen LogP contribution in [0.3, 0.4) is 0 Å². The monoisotopic (exact) mass is 421 g/mol. The van der Waals surface area contributed by atoms with Crippen LogP contribution in [-0.4, -0.2) is 65.4 Å². The Bertz CT molecular complexity index is 958. The summed E-state index contributed by atoms with van der Waals surface area (Å²) in [5.41, 5.74) is 2.95. The van der Waals surface area contributed by atoms with Crippen molar-refractivity contribution in [3.8, 4) is 0 Å². The lowest BCUT2D eigenvalue weighted by molar-refractivity contribution is -0.156. The number of amides is 1. The third kappa shape index (κ3) is 5.30. The summed E-state index contributed by atoms with van der Waals surface area (Å²) in [6.07, 6.45) is 1.40. The SMILES string of the molecule is Cc1cc(COC2CCN(S(=O)(=O)CC(C)N(O)C=O)CC2)c2ccccc2n1. The second-order valence-electron chi connectivity index (χ2n) is 7.46. The number of para-hydroxylation sites is 1. The van der Waals surface area contributed by atoms with Crippen molar-refractivity contribution in [1.82, 2.24) is 14.4 Å². The molecule has 29 heavy (non-hydrogen) atoms. The van der Waals surface area contributed by atoms with Gasteiger partial charge in [-0.1, -0.05) is 18.2 Å². The lowest BCUT2D eigenvalue weighted by atomic mass is 10.1. The fourth-order valence-electron chi connectivity index (χ4n) is 3.59. The normalized spacial score (nSPS) is 17.3. The number of rotatable bonds is 8. The molecule has 0 aliphatic carbocycles. The third-order valence-corrected chi connectivity index (χ3v) is 7.27. The first-order valence-electron chi connectivity index (χ1n) is 9.67. The standard InChI is InChI=1S/C20H27N3O5S/c1-15-11-17(19-5-3-4-6-20(19)21-15)12-28-18-7-9-22(10-8-18)29(26,27)13-16(2)23(25)14-24/h3-6,11,14,16,18,25H,7-10,12-13H2,1-2H3. The van der Waals surface area contributed by atoms with E-state index in [1.54, 1.807) is 0 Å². The molecule has 1 aliphatic rings. The van der Waals surface area contributed by atoms with Crippen LogP contribution in [0.1, 0.15) is 31.0 Å². The van der Waals surface area contributed by atoms with Crippen molar-refractivity contribution >= 4 is 27.3 Å². The van der Waals surface area contributed by atoms with Crippen molar-refractivity contribution in [3.05, 3.63) is 41.6 Å². The molecule has 2 aromatic rings. The first kappa shape index (κ1) is 21.6. The molecule has 9 heteroatoms. The zero-order chi connectivity index (χ0) is 21.0. The second-order valence-corrected chi connectivity index (χ2v) is 9.48. The number of aryl methyl sites for hydroxylation is 1. The van der Waals surface area contributed by atoms with E-state index in [4.69, 9.17) is 4.74 Å². The topological polar surface area (TPSA) is 100 Å². The van der Waals surface area contributed by atoms with E-state index in [9.17, 15) is 18.4 Å². The molecule has 1 aromatic heterocycles. The first-order valence-corrected chi connectivity index (χ1v) is 11.3. The number of carbonyl (C=O) groups is 1. The number of hydrogen-bond donors (Lipinski definition) is 1. The number of benzene rings is 1. The molecule has 1 amide bonds. The molecule has 1 saturated heterocycles. The number of pyridine rings is 1. The highest BCUT2D eigenvalue weighted by molar-refractivity contribution is 7.89. The van der Waals surface area contributed by atoms with Crippen LogP contribution in [0.25, 0.3) is 10.9 Å². The molecule has 8 nitrogen and oxygen atoms in total. The molecule has 0 spiro atoms. The van der Waals surface area contributed by atoms with E-state index in [0.717, 1.165) is 22.2 Å². The van der Waals surface area contributed by atoms with Gasteiger partial charge in [-0.3, -0.25) is 15.0 Å². The number of hydroxylamine groups is 2. The molecule has 1 N–H and O–H groups in total. The maximum Gasteiger partial charge on any atom is 0.233 e. The quantitative estimate of drug-likeness (QED) is 0.398. The van der Waals surface area contributed by atoms with E-state index in [0.29, 0.717) is 37.6 Å². The summed E-state index contributed by atoms with van der Waals surface area (Å²) >= 11 is 0. The Labute approximate surface area is 171 Å². The lowest BCUT2D eigenvalue weighted by Crippen LogP contribution is -2.45. The lowest BCUT2D eigenvalue weighted by Gasteiger charge is -2.32. The molecular formula is C20H27N3O5S. The van der Waals surface area contributed by atoms with Gasteiger partial charge < -0.3 is 4.74 Å². The summed E-state index contributed by atoms with van der Waals surface area (Å²) < 4.78 is 32.5. The van der Waals surface area contributed by atoms with Crippen molar-refractivity contribution in [3.63, 3.8) is 0 Å². The molecule has 0 radical (unpaired) electrons. The van der Waals surface area contributed by atoms with E-state index >= 15 is 0 Å². The van der Waals surface area contributed by atoms with Crippen LogP contribution in [0.15, 0.2) is 30.3 Å². The number of carbonyl (C=O) groups excluding carboxylic acids is 1. The minimum absolute atomic E-state index is 0.0181. The zero-order valence-corrected chi connectivity index (χ0v) is 17.5. The fourth-order valence-corrected chi connectivity index (χ4v) is 5.33. The number of sulfonamides is 1. The van der Waals surface area contributed by atoms with Gasteiger partial charge in [-0.05, 0) is 44.4 Å². The molecular weight excluding hydrogens is 394 g/mol. The van der Waals surface area contributed by atoms with Crippen LogP contribution in [0, 0.1) is 6.92 Å². The highest BCUT2D eigenvalue weighted by Gasteiger charge is 2.30. The Morgan fingerprint density at radius 3 is 2.72 bits per heavy atom. The smallest absolute Gasteiger partial charge is 0.233 e. The summed E-state index contributed by atoms with van der Waals surface area (Å²) in [7, 11) is -3.55. The molecule has 0 saturated carbocycles. The van der Waals surface area contributed by atoms with Crippen LogP contribution < -0.4 is 0 Å². The molecule has 158 valence electrons. The van der Waals surface area contributed by atoms with Gasteiger partial charge in [0.25, 0.3) is 0 Å². The van der Waals surface area contributed by atoms with Gasteiger partial charge in [0.05, 0.1) is 30.0 Å². The van der Waals surface area contributed by atoms with Crippen LogP contribution in [0.2, 0.25) is 0 Å². The van der Waals surface area contributed by atoms with E-state index in [2.05, 4.69) is 4.98 Å². The Morgan fingerprint density at radius 2 is 2.03 bits per heavy atom. The number of piperidine rings is 1. The van der Waals surface area contributed by atoms with Gasteiger partial charge in [-0.15, -0.1) is 0 Å². The minimum atomic E-state index is -3.55. The predicted molar refractivity (Wildman–Crippen MR) is 109 cm³/mol. The van der Waals surface area contributed by atoms with Crippen molar-refractivity contribution in [2.24, 2.45) is 0 Å². The van der Waals surface area contributed by atoms with Gasteiger partial charge in [-0.2, -0.15) is 0 Å². The van der Waals surface area contributed by atoms with Gasteiger partial charge >= 0.3 is 0 Å². The van der Waals surface area contributed by atoms with E-state index < -0.39 is 16.1 Å². The van der Waals surface area contributed by atoms with Crippen LogP contribution in [-0.2, 0) is 26.2 Å². The maximum absolute atomic E-state index is 12.5.